The van der Waals surface area contributed by atoms with Crippen LogP contribution < -0.4 is 0 Å². The number of halogens is 2. The number of hydrogen-bond acceptors (Lipinski definition) is 4. The summed E-state index contributed by atoms with van der Waals surface area (Å²) in [6, 6.07) is 5.00. The molecule has 0 amide bonds. The molecule has 0 saturated carbocycles. The fraction of sp³-hybridized carbons (Fsp3) is 0.667. The lowest BCUT2D eigenvalue weighted by atomic mass is 9.74. The average Bonchev–Trinajstić information content (AvgIpc) is 2.95. The first-order valence-electron chi connectivity index (χ1n) is 10.4. The Morgan fingerprint density at radius 1 is 1.34 bits per heavy atom. The molecule has 162 valence electrons. The minimum absolute atomic E-state index is 0.0276. The molecule has 2 rings (SSSR count). The monoisotopic (exact) mass is 457 g/mol. The number of hydrogen-bond donors (Lipinski definition) is 1. The predicted molar refractivity (Wildman–Crippen MR) is 126 cm³/mol. The van der Waals surface area contributed by atoms with Gasteiger partial charge in [0.05, 0.1) is 21.7 Å². The third-order valence-electron chi connectivity index (χ3n) is 6.50. The van der Waals surface area contributed by atoms with Crippen LogP contribution in [0.2, 0.25) is 35.0 Å². The molecule has 29 heavy (non-hydrogen) atoms. The molecule has 1 N–H and O–H groups in total. The number of nitrogens with zero attached hydrogens (tertiary/aromatic N) is 1. The van der Waals surface area contributed by atoms with Crippen molar-refractivity contribution in [3.05, 3.63) is 33.8 Å². The highest BCUT2D eigenvalue weighted by molar-refractivity contribution is 6.74. The second-order valence-electron chi connectivity index (χ2n) is 9.73. The highest BCUT2D eigenvalue weighted by Gasteiger charge is 2.54. The molecule has 1 aromatic rings. The van der Waals surface area contributed by atoms with E-state index < -0.39 is 20.9 Å². The van der Waals surface area contributed by atoms with E-state index in [0.717, 1.165) is 6.42 Å². The van der Waals surface area contributed by atoms with Gasteiger partial charge in [0, 0.05) is 12.1 Å². The first kappa shape index (κ1) is 24.9. The molecule has 1 aromatic carbocycles. The number of carbonyl (C=O) groups excluding carboxylic acids is 1. The smallest absolute Gasteiger partial charge is 0.377 e. The molecule has 1 saturated heterocycles. The van der Waals surface area contributed by atoms with Crippen molar-refractivity contribution < 1.29 is 14.2 Å². The van der Waals surface area contributed by atoms with Gasteiger partial charge in [-0.2, -0.15) is 0 Å². The SMILES string of the molecule is CCCC1(C(=O)c2ccc(Cl)c(Cl)c2)C[C@@H](O[Si](C)(C)C(C)(C)C)CN1B(C)O. The summed E-state index contributed by atoms with van der Waals surface area (Å²) >= 11 is 12.2. The maximum absolute atomic E-state index is 13.7. The third kappa shape index (κ3) is 5.11. The van der Waals surface area contributed by atoms with Crippen LogP contribution in [0.1, 0.15) is 57.3 Å². The zero-order chi connectivity index (χ0) is 22.2. The Kier molecular flexibility index (Phi) is 7.74. The van der Waals surface area contributed by atoms with E-state index in [-0.39, 0.29) is 16.9 Å². The van der Waals surface area contributed by atoms with E-state index in [1.165, 1.54) is 0 Å². The molecular formula is C21H34BCl2NO3Si. The standard InChI is InChI=1S/C21H34BCl2NO3Si/c1-8-11-21(19(26)15-9-10-17(23)18(24)12-15)13-16(14-25(21)22(5)27)28-29(6,7)20(2,3)4/h9-10,12,16,27H,8,11,13-14H2,1-7H3/t16-,21?/m1/s1. The van der Waals surface area contributed by atoms with Crippen LogP contribution in [0, 0.1) is 0 Å². The Bertz CT molecular complexity index is 754. The van der Waals surface area contributed by atoms with E-state index in [2.05, 4.69) is 40.8 Å². The summed E-state index contributed by atoms with van der Waals surface area (Å²) in [6.45, 7) is 15.4. The van der Waals surface area contributed by atoms with Gasteiger partial charge in [0.25, 0.3) is 0 Å². The van der Waals surface area contributed by atoms with Gasteiger partial charge >= 0.3 is 7.05 Å². The number of carbonyl (C=O) groups is 1. The van der Waals surface area contributed by atoms with Crippen LogP contribution in [0.5, 0.6) is 0 Å². The van der Waals surface area contributed by atoms with E-state index in [9.17, 15) is 9.82 Å². The minimum atomic E-state index is -2.01. The van der Waals surface area contributed by atoms with Gasteiger partial charge in [0.2, 0.25) is 0 Å². The van der Waals surface area contributed by atoms with Crippen molar-refractivity contribution in [3.8, 4) is 0 Å². The van der Waals surface area contributed by atoms with Crippen LogP contribution in [-0.2, 0) is 4.43 Å². The lowest BCUT2D eigenvalue weighted by Gasteiger charge is -2.39. The Balaban J connectivity index is 2.44. The average molecular weight is 458 g/mol. The molecule has 0 aromatic heterocycles. The first-order chi connectivity index (χ1) is 13.2. The van der Waals surface area contributed by atoms with Crippen LogP contribution in [-0.4, -0.2) is 49.2 Å². The Labute approximate surface area is 187 Å². The molecule has 0 spiro atoms. The van der Waals surface area contributed by atoms with E-state index in [4.69, 9.17) is 27.6 Å². The van der Waals surface area contributed by atoms with Crippen molar-refractivity contribution in [2.45, 2.75) is 83.6 Å². The van der Waals surface area contributed by atoms with Gasteiger partial charge in [-0.1, -0.05) is 57.3 Å². The summed E-state index contributed by atoms with van der Waals surface area (Å²) in [5.41, 5.74) is -0.293. The van der Waals surface area contributed by atoms with E-state index in [1.807, 2.05) is 4.81 Å². The van der Waals surface area contributed by atoms with Crippen molar-refractivity contribution in [1.82, 2.24) is 4.81 Å². The summed E-state index contributed by atoms with van der Waals surface area (Å²) < 4.78 is 6.66. The fourth-order valence-corrected chi connectivity index (χ4v) is 5.68. The second kappa shape index (κ2) is 9.01. The quantitative estimate of drug-likeness (QED) is 0.407. The molecule has 1 aliphatic heterocycles. The summed E-state index contributed by atoms with van der Waals surface area (Å²) in [6.07, 6.45) is 1.94. The fourth-order valence-electron chi connectivity index (χ4n) is 4.04. The van der Waals surface area contributed by atoms with Gasteiger partial charge in [-0.3, -0.25) is 4.79 Å². The molecule has 0 bridgehead atoms. The number of benzene rings is 1. The molecular weight excluding hydrogens is 424 g/mol. The normalized spacial score (nSPS) is 23.4. The van der Waals surface area contributed by atoms with Crippen LogP contribution in [0.3, 0.4) is 0 Å². The Morgan fingerprint density at radius 2 is 1.97 bits per heavy atom. The first-order valence-corrected chi connectivity index (χ1v) is 14.0. The van der Waals surface area contributed by atoms with E-state index in [1.54, 1.807) is 25.0 Å². The number of Topliss-reactive ketones (excluding diaryl/α,β-unsaturated/α-hetero) is 1. The highest BCUT2D eigenvalue weighted by Crippen LogP contribution is 2.43. The van der Waals surface area contributed by atoms with Gasteiger partial charge in [0.15, 0.2) is 14.1 Å². The van der Waals surface area contributed by atoms with Gasteiger partial charge in [-0.05, 0) is 56.0 Å². The Hall–Kier alpha value is -0.368. The largest absolute Gasteiger partial charge is 0.437 e. The number of ketones is 1. The highest BCUT2D eigenvalue weighted by atomic mass is 35.5. The molecule has 1 unspecified atom stereocenters. The van der Waals surface area contributed by atoms with Crippen molar-refractivity contribution in [1.29, 1.82) is 0 Å². The minimum Gasteiger partial charge on any atom is -0.437 e. The maximum atomic E-state index is 13.7. The molecule has 2 atom stereocenters. The maximum Gasteiger partial charge on any atom is 0.377 e. The molecule has 1 fully saturated rings. The van der Waals surface area contributed by atoms with Gasteiger partial charge in [-0.15, -0.1) is 0 Å². The predicted octanol–water partition coefficient (Wildman–Crippen LogP) is 5.92. The summed E-state index contributed by atoms with van der Waals surface area (Å²) in [5.74, 6) is -0.0276. The molecule has 0 aliphatic carbocycles. The molecule has 1 aliphatic rings. The van der Waals surface area contributed by atoms with Crippen LogP contribution in [0.4, 0.5) is 0 Å². The topological polar surface area (TPSA) is 49.8 Å². The van der Waals surface area contributed by atoms with Crippen molar-refractivity contribution in [3.63, 3.8) is 0 Å². The summed E-state index contributed by atoms with van der Waals surface area (Å²) in [5, 5.41) is 11.4. The zero-order valence-corrected chi connectivity index (χ0v) is 21.2. The van der Waals surface area contributed by atoms with Crippen molar-refractivity contribution >= 4 is 44.4 Å². The van der Waals surface area contributed by atoms with E-state index >= 15 is 0 Å². The third-order valence-corrected chi connectivity index (χ3v) is 11.8. The summed E-state index contributed by atoms with van der Waals surface area (Å²) in [7, 11) is -2.76. The second-order valence-corrected chi connectivity index (χ2v) is 15.3. The lowest BCUT2D eigenvalue weighted by Crippen LogP contribution is -2.55. The van der Waals surface area contributed by atoms with Crippen molar-refractivity contribution in [2.24, 2.45) is 0 Å². The van der Waals surface area contributed by atoms with E-state index in [0.29, 0.717) is 35.0 Å². The number of rotatable bonds is 7. The van der Waals surface area contributed by atoms with Crippen LogP contribution in [0.15, 0.2) is 18.2 Å². The molecule has 1 heterocycles. The molecule has 4 nitrogen and oxygen atoms in total. The zero-order valence-electron chi connectivity index (χ0n) is 18.7. The van der Waals surface area contributed by atoms with Crippen molar-refractivity contribution in [2.75, 3.05) is 6.54 Å². The Morgan fingerprint density at radius 3 is 2.45 bits per heavy atom. The van der Waals surface area contributed by atoms with Gasteiger partial charge in [0.1, 0.15) is 0 Å². The van der Waals surface area contributed by atoms with Gasteiger partial charge in [-0.25, -0.2) is 0 Å². The molecule has 8 heteroatoms. The summed E-state index contributed by atoms with van der Waals surface area (Å²) in [4.78, 5) is 15.7. The lowest BCUT2D eigenvalue weighted by molar-refractivity contribution is 0.0745. The van der Waals surface area contributed by atoms with Crippen LogP contribution in [0.25, 0.3) is 0 Å². The van der Waals surface area contributed by atoms with Gasteiger partial charge < -0.3 is 14.3 Å². The van der Waals surface area contributed by atoms with Crippen LogP contribution >= 0.6 is 23.2 Å². The molecule has 0 radical (unpaired) electrons.